The Morgan fingerprint density at radius 3 is 0.958 bits per heavy atom. The van der Waals surface area contributed by atoms with E-state index in [0.29, 0.717) is 23.7 Å². The molecule has 0 bridgehead atoms. The van der Waals surface area contributed by atoms with Crippen LogP contribution in [0.15, 0.2) is 200 Å². The van der Waals surface area contributed by atoms with E-state index in [2.05, 4.69) is 270 Å². The molecule has 3 nitrogen and oxygen atoms in total. The second-order valence-electron chi connectivity index (χ2n) is 21.1. The van der Waals surface area contributed by atoms with Gasteiger partial charge in [0.15, 0.2) is 0 Å². The van der Waals surface area contributed by atoms with Crippen LogP contribution in [0.4, 0.5) is 34.1 Å². The minimum atomic E-state index is 0.463. The summed E-state index contributed by atoms with van der Waals surface area (Å²) in [4.78, 5) is 4.82. The van der Waals surface area contributed by atoms with Crippen LogP contribution in [0, 0.1) is 0 Å². The van der Waals surface area contributed by atoms with Crippen LogP contribution in [0.5, 0.6) is 0 Å². The number of fused-ring (bicyclic) bond motifs is 8. The number of benzene rings is 10. The van der Waals surface area contributed by atoms with Crippen LogP contribution in [0.2, 0.25) is 0 Å². The second-order valence-corrected chi connectivity index (χ2v) is 21.1. The molecule has 12 rings (SSSR count). The smallest absolute Gasteiger partial charge is 0.0620 e. The van der Waals surface area contributed by atoms with Gasteiger partial charge < -0.3 is 14.2 Å². The molecular weight excluding hydrogens is 859 g/mol. The lowest BCUT2D eigenvalue weighted by Crippen LogP contribution is -2.10. The lowest BCUT2D eigenvalue weighted by Gasteiger charge is -2.26. The van der Waals surface area contributed by atoms with Crippen LogP contribution in [-0.2, 0) is 0 Å². The molecule has 2 aromatic heterocycles. The molecule has 0 N–H and O–H groups in total. The van der Waals surface area contributed by atoms with E-state index in [1.165, 1.54) is 93.0 Å². The first-order valence-electron chi connectivity index (χ1n) is 25.7. The third kappa shape index (κ3) is 7.76. The number of aromatic nitrogens is 1. The van der Waals surface area contributed by atoms with E-state index in [1.807, 2.05) is 0 Å². The first-order chi connectivity index (χ1) is 34.5. The predicted molar refractivity (Wildman–Crippen MR) is 307 cm³/mol. The molecule has 0 amide bonds. The summed E-state index contributed by atoms with van der Waals surface area (Å²) in [5.74, 6) is 1.85. The van der Waals surface area contributed by atoms with Gasteiger partial charge in [-0.25, -0.2) is 0 Å². The van der Waals surface area contributed by atoms with Gasteiger partial charge in [0.1, 0.15) is 0 Å². The van der Waals surface area contributed by atoms with Crippen molar-refractivity contribution in [2.45, 2.75) is 79.1 Å². The first kappa shape index (κ1) is 44.3. The molecule has 0 aliphatic heterocycles. The molecule has 0 unspecified atom stereocenters. The molecule has 0 aliphatic rings. The van der Waals surface area contributed by atoms with E-state index < -0.39 is 0 Å². The normalized spacial score (nSPS) is 12.2. The van der Waals surface area contributed by atoms with Crippen molar-refractivity contribution in [2.75, 3.05) is 9.80 Å². The quantitative estimate of drug-likeness (QED) is 0.128. The van der Waals surface area contributed by atoms with Crippen LogP contribution in [0.1, 0.15) is 101 Å². The zero-order valence-corrected chi connectivity index (χ0v) is 42.2. The molecule has 3 heteroatoms. The standard InChI is InChI=1S/C68H61N3/c1-42(2)46-14-24-56(25-15-46)69(57-26-16-47(17-27-57)43(3)4)60-32-22-51-36-62-64-38-55(50-12-10-9-11-13-50)39-65-63-37-52-23-33-61(35-54(52)41-67(63)71(68(64)65)66(62)40-53(51)34-60)70(58-28-18-48(19-29-58)44(5)6)59-30-20-49(21-31-59)45(7)8/h9-45H,1-8H3. The number of nitrogens with zero attached hydrogens (tertiary/aromatic N) is 3. The van der Waals surface area contributed by atoms with Crippen molar-refractivity contribution in [2.24, 2.45) is 0 Å². The van der Waals surface area contributed by atoms with Crippen LogP contribution in [0.3, 0.4) is 0 Å². The average Bonchev–Trinajstić information content (AvgIpc) is 3.88. The highest BCUT2D eigenvalue weighted by Crippen LogP contribution is 2.46. The molecule has 348 valence electrons. The second kappa shape index (κ2) is 17.5. The highest BCUT2D eigenvalue weighted by molar-refractivity contribution is 6.27. The van der Waals surface area contributed by atoms with Gasteiger partial charge in [-0.1, -0.05) is 146 Å². The average molecular weight is 920 g/mol. The summed E-state index contributed by atoms with van der Waals surface area (Å²) in [7, 11) is 0. The van der Waals surface area contributed by atoms with Crippen LogP contribution in [-0.4, -0.2) is 4.40 Å². The molecule has 12 aromatic rings. The number of hydrogen-bond acceptors (Lipinski definition) is 2. The Morgan fingerprint density at radius 2 is 0.620 bits per heavy atom. The first-order valence-corrected chi connectivity index (χ1v) is 25.7. The van der Waals surface area contributed by atoms with E-state index >= 15 is 0 Å². The Morgan fingerprint density at radius 1 is 0.282 bits per heavy atom. The zero-order chi connectivity index (χ0) is 48.7. The van der Waals surface area contributed by atoms with Gasteiger partial charge in [-0.15, -0.1) is 0 Å². The van der Waals surface area contributed by atoms with Crippen LogP contribution >= 0.6 is 0 Å². The molecule has 0 fully saturated rings. The van der Waals surface area contributed by atoms with Crippen molar-refractivity contribution >= 4 is 93.8 Å². The van der Waals surface area contributed by atoms with Gasteiger partial charge in [-0.05, 0) is 188 Å². The minimum absolute atomic E-state index is 0.463. The van der Waals surface area contributed by atoms with Gasteiger partial charge in [-0.3, -0.25) is 0 Å². The number of hydrogen-bond donors (Lipinski definition) is 0. The summed E-state index contributed by atoms with van der Waals surface area (Å²) in [6.45, 7) is 18.1. The van der Waals surface area contributed by atoms with Crippen molar-refractivity contribution in [3.8, 4) is 11.1 Å². The maximum absolute atomic E-state index is 2.56. The topological polar surface area (TPSA) is 10.9 Å². The SMILES string of the molecule is CC(C)c1ccc(N(c2ccc(C(C)C)cc2)c2ccc3cc4c5cc(-c6ccccc6)cc6c7cc8ccc(N(c9ccc(C(C)C)cc9)c9ccc(C(C)C)cc9)cc8cc7n(c4cc3c2)c56)cc1. The van der Waals surface area contributed by atoms with E-state index in [1.54, 1.807) is 0 Å². The maximum Gasteiger partial charge on any atom is 0.0620 e. The summed E-state index contributed by atoms with van der Waals surface area (Å²) in [5, 5.41) is 9.96. The molecule has 0 atom stereocenters. The summed E-state index contributed by atoms with van der Waals surface area (Å²) in [5.41, 5.74) is 18.4. The van der Waals surface area contributed by atoms with Crippen LogP contribution < -0.4 is 9.80 Å². The molecule has 0 saturated heterocycles. The Balaban J connectivity index is 1.07. The molecule has 0 aliphatic carbocycles. The van der Waals surface area contributed by atoms with Gasteiger partial charge in [-0.2, -0.15) is 0 Å². The minimum Gasteiger partial charge on any atom is -0.310 e. The summed E-state index contributed by atoms with van der Waals surface area (Å²) in [6.07, 6.45) is 0. The fraction of sp³-hybridized carbons (Fsp3) is 0.176. The van der Waals surface area contributed by atoms with Gasteiger partial charge in [0.05, 0.1) is 16.6 Å². The highest BCUT2D eigenvalue weighted by atomic mass is 15.1. The van der Waals surface area contributed by atoms with Crippen molar-refractivity contribution < 1.29 is 0 Å². The summed E-state index contributed by atoms with van der Waals surface area (Å²) >= 11 is 0. The summed E-state index contributed by atoms with van der Waals surface area (Å²) < 4.78 is 2.56. The maximum atomic E-state index is 2.56. The van der Waals surface area contributed by atoms with Gasteiger partial charge in [0, 0.05) is 55.7 Å². The monoisotopic (exact) mass is 919 g/mol. The molecule has 71 heavy (non-hydrogen) atoms. The van der Waals surface area contributed by atoms with Gasteiger partial charge in [0.25, 0.3) is 0 Å². The van der Waals surface area contributed by atoms with E-state index in [-0.39, 0.29) is 0 Å². The van der Waals surface area contributed by atoms with Crippen molar-refractivity contribution in [1.82, 2.24) is 4.40 Å². The van der Waals surface area contributed by atoms with Crippen molar-refractivity contribution in [3.05, 3.63) is 222 Å². The molecule has 0 spiro atoms. The lowest BCUT2D eigenvalue weighted by molar-refractivity contribution is 0.866. The third-order valence-corrected chi connectivity index (χ3v) is 15.2. The van der Waals surface area contributed by atoms with Crippen molar-refractivity contribution in [3.63, 3.8) is 0 Å². The van der Waals surface area contributed by atoms with E-state index in [9.17, 15) is 0 Å². The Labute approximate surface area is 418 Å². The van der Waals surface area contributed by atoms with Crippen molar-refractivity contribution in [1.29, 1.82) is 0 Å². The Hall–Kier alpha value is -7.88. The van der Waals surface area contributed by atoms with Crippen LogP contribution in [0.25, 0.3) is 70.8 Å². The fourth-order valence-corrected chi connectivity index (χ4v) is 11.0. The largest absolute Gasteiger partial charge is 0.310 e. The van der Waals surface area contributed by atoms with Gasteiger partial charge >= 0.3 is 0 Å². The predicted octanol–water partition coefficient (Wildman–Crippen LogP) is 20.2. The molecular formula is C68H61N3. The van der Waals surface area contributed by atoms with Gasteiger partial charge in [0.2, 0.25) is 0 Å². The molecule has 10 aromatic carbocycles. The summed E-state index contributed by atoms with van der Waals surface area (Å²) in [6, 6.07) is 76.0. The highest BCUT2D eigenvalue weighted by Gasteiger charge is 2.22. The van der Waals surface area contributed by atoms with E-state index in [0.717, 1.165) is 34.1 Å². The Bertz CT molecular complexity index is 3560. The number of rotatable bonds is 11. The number of anilines is 6. The Kier molecular flexibility index (Phi) is 10.9. The third-order valence-electron chi connectivity index (χ3n) is 15.2. The zero-order valence-electron chi connectivity index (χ0n) is 42.2. The van der Waals surface area contributed by atoms with E-state index in [4.69, 9.17) is 0 Å². The fourth-order valence-electron chi connectivity index (χ4n) is 11.0. The molecule has 2 heterocycles. The lowest BCUT2D eigenvalue weighted by atomic mass is 9.97. The molecule has 0 radical (unpaired) electrons. The molecule has 0 saturated carbocycles.